The molecular formula is C17H25NO3. The van der Waals surface area contributed by atoms with E-state index in [4.69, 9.17) is 0 Å². The van der Waals surface area contributed by atoms with Crippen molar-refractivity contribution in [3.05, 3.63) is 35.4 Å². The maximum Gasteiger partial charge on any atom is 0.336 e. The van der Waals surface area contributed by atoms with Gasteiger partial charge < -0.3 is 10.0 Å². The molecule has 1 aromatic rings. The van der Waals surface area contributed by atoms with E-state index in [2.05, 4.69) is 27.7 Å². The molecule has 0 unspecified atom stereocenters. The number of carbonyl (C=O) groups is 2. The molecule has 0 heterocycles. The number of benzene rings is 1. The van der Waals surface area contributed by atoms with Gasteiger partial charge in [0.25, 0.3) is 5.91 Å². The minimum Gasteiger partial charge on any atom is -0.478 e. The monoisotopic (exact) mass is 291 g/mol. The lowest BCUT2D eigenvalue weighted by Gasteiger charge is -2.32. The Kier molecular flexibility index (Phi) is 6.40. The molecule has 0 aliphatic carbocycles. The maximum absolute atomic E-state index is 12.8. The molecule has 0 aromatic heterocycles. The second-order valence-electron chi connectivity index (χ2n) is 5.67. The summed E-state index contributed by atoms with van der Waals surface area (Å²) in [5.74, 6) is -0.907. The smallest absolute Gasteiger partial charge is 0.336 e. The summed E-state index contributed by atoms with van der Waals surface area (Å²) in [7, 11) is 0. The summed E-state index contributed by atoms with van der Waals surface area (Å²) in [4.78, 5) is 26.0. The topological polar surface area (TPSA) is 57.6 Å². The molecule has 4 heteroatoms. The highest BCUT2D eigenvalue weighted by Gasteiger charge is 2.26. The van der Waals surface area contributed by atoms with Crippen molar-refractivity contribution in [2.24, 2.45) is 5.92 Å². The van der Waals surface area contributed by atoms with Gasteiger partial charge in [0, 0.05) is 12.6 Å². The van der Waals surface area contributed by atoms with E-state index in [0.717, 1.165) is 12.8 Å². The van der Waals surface area contributed by atoms with E-state index in [-0.39, 0.29) is 23.1 Å². The van der Waals surface area contributed by atoms with Crippen LogP contribution >= 0.6 is 0 Å². The van der Waals surface area contributed by atoms with E-state index >= 15 is 0 Å². The Balaban J connectivity index is 3.19. The van der Waals surface area contributed by atoms with Gasteiger partial charge in [0.05, 0.1) is 11.1 Å². The zero-order valence-electron chi connectivity index (χ0n) is 13.3. The van der Waals surface area contributed by atoms with Crippen molar-refractivity contribution in [3.8, 4) is 0 Å². The molecule has 0 aliphatic rings. The van der Waals surface area contributed by atoms with Crippen LogP contribution in [-0.2, 0) is 0 Å². The molecule has 1 aromatic carbocycles. The van der Waals surface area contributed by atoms with Gasteiger partial charge in [-0.3, -0.25) is 4.79 Å². The van der Waals surface area contributed by atoms with Crippen LogP contribution in [0.4, 0.5) is 0 Å². The molecule has 0 atom stereocenters. The number of hydrogen-bond donors (Lipinski definition) is 1. The molecule has 0 spiro atoms. The number of carbonyl (C=O) groups excluding carboxylic acids is 1. The Morgan fingerprint density at radius 1 is 1.10 bits per heavy atom. The Morgan fingerprint density at radius 3 is 2.05 bits per heavy atom. The SMILES string of the molecule is CCC(CC)N(CC(C)C)C(=O)c1ccccc1C(=O)O. The van der Waals surface area contributed by atoms with Crippen LogP contribution in [0.15, 0.2) is 24.3 Å². The lowest BCUT2D eigenvalue weighted by molar-refractivity contribution is 0.0617. The van der Waals surface area contributed by atoms with Crippen molar-refractivity contribution >= 4 is 11.9 Å². The quantitative estimate of drug-likeness (QED) is 0.834. The summed E-state index contributed by atoms with van der Waals surface area (Å²) in [6, 6.07) is 6.57. The van der Waals surface area contributed by atoms with Crippen molar-refractivity contribution in [2.75, 3.05) is 6.54 Å². The number of hydrogen-bond acceptors (Lipinski definition) is 2. The van der Waals surface area contributed by atoms with Crippen molar-refractivity contribution in [1.82, 2.24) is 4.90 Å². The Bertz CT molecular complexity index is 493. The first-order valence-electron chi connectivity index (χ1n) is 7.55. The summed E-state index contributed by atoms with van der Waals surface area (Å²) in [5, 5.41) is 9.26. The minimum absolute atomic E-state index is 0.0715. The number of rotatable bonds is 7. The average Bonchev–Trinajstić information content (AvgIpc) is 2.46. The van der Waals surface area contributed by atoms with Crippen molar-refractivity contribution in [2.45, 2.75) is 46.6 Å². The predicted molar refractivity (Wildman–Crippen MR) is 83.6 cm³/mol. The first-order valence-corrected chi connectivity index (χ1v) is 7.55. The molecule has 1 rings (SSSR count). The van der Waals surface area contributed by atoms with Gasteiger partial charge in [0.15, 0.2) is 0 Å². The summed E-state index contributed by atoms with van der Waals surface area (Å²) < 4.78 is 0. The van der Waals surface area contributed by atoms with Crippen LogP contribution < -0.4 is 0 Å². The minimum atomic E-state index is -1.06. The molecule has 0 radical (unpaired) electrons. The van der Waals surface area contributed by atoms with Crippen LogP contribution in [0.25, 0.3) is 0 Å². The fourth-order valence-electron chi connectivity index (χ4n) is 2.53. The zero-order valence-corrected chi connectivity index (χ0v) is 13.3. The standard InChI is InChI=1S/C17H25NO3/c1-5-13(6-2)18(11-12(3)4)16(19)14-9-7-8-10-15(14)17(20)21/h7-10,12-13H,5-6,11H2,1-4H3,(H,20,21). The Labute approximate surface area is 126 Å². The third-order valence-electron chi connectivity index (χ3n) is 3.59. The molecule has 0 bridgehead atoms. The molecule has 0 saturated heterocycles. The largest absolute Gasteiger partial charge is 0.478 e. The number of aromatic carboxylic acids is 1. The van der Waals surface area contributed by atoms with E-state index in [1.54, 1.807) is 18.2 Å². The lowest BCUT2D eigenvalue weighted by Crippen LogP contribution is -2.42. The van der Waals surface area contributed by atoms with Crippen LogP contribution in [0.5, 0.6) is 0 Å². The molecular weight excluding hydrogens is 266 g/mol. The zero-order chi connectivity index (χ0) is 16.0. The summed E-state index contributed by atoms with van der Waals surface area (Å²) in [5.41, 5.74) is 0.347. The highest BCUT2D eigenvalue weighted by Crippen LogP contribution is 2.18. The molecule has 21 heavy (non-hydrogen) atoms. The molecule has 0 aliphatic heterocycles. The normalized spacial score (nSPS) is 11.0. The molecule has 1 N–H and O–H groups in total. The molecule has 0 fully saturated rings. The van der Waals surface area contributed by atoms with Crippen LogP contribution in [-0.4, -0.2) is 34.5 Å². The highest BCUT2D eigenvalue weighted by atomic mass is 16.4. The number of amides is 1. The van der Waals surface area contributed by atoms with Crippen LogP contribution in [0.2, 0.25) is 0 Å². The fraction of sp³-hybridized carbons (Fsp3) is 0.529. The number of carboxylic acid groups (broad SMARTS) is 1. The van der Waals surface area contributed by atoms with E-state index in [0.29, 0.717) is 12.5 Å². The Morgan fingerprint density at radius 2 is 1.62 bits per heavy atom. The molecule has 1 amide bonds. The lowest BCUT2D eigenvalue weighted by atomic mass is 10.0. The predicted octanol–water partition coefficient (Wildman–Crippen LogP) is 3.67. The third kappa shape index (κ3) is 4.31. The van der Waals surface area contributed by atoms with Crippen LogP contribution in [0.1, 0.15) is 61.3 Å². The number of carboxylic acids is 1. The van der Waals surface area contributed by atoms with Gasteiger partial charge in [0.1, 0.15) is 0 Å². The summed E-state index contributed by atoms with van der Waals surface area (Å²) in [6.45, 7) is 8.87. The van der Waals surface area contributed by atoms with Gasteiger partial charge in [-0.15, -0.1) is 0 Å². The number of nitrogens with zero attached hydrogens (tertiary/aromatic N) is 1. The second kappa shape index (κ2) is 7.81. The highest BCUT2D eigenvalue weighted by molar-refractivity contribution is 6.04. The molecule has 4 nitrogen and oxygen atoms in total. The van der Waals surface area contributed by atoms with Crippen LogP contribution in [0, 0.1) is 5.92 Å². The van der Waals surface area contributed by atoms with Gasteiger partial charge in [-0.25, -0.2) is 4.79 Å². The van der Waals surface area contributed by atoms with Gasteiger partial charge in [0.2, 0.25) is 0 Å². The average molecular weight is 291 g/mol. The first kappa shape index (κ1) is 17.2. The van der Waals surface area contributed by atoms with Crippen LogP contribution in [0.3, 0.4) is 0 Å². The van der Waals surface area contributed by atoms with E-state index in [1.807, 2.05) is 4.90 Å². The van der Waals surface area contributed by atoms with Crippen molar-refractivity contribution in [1.29, 1.82) is 0 Å². The van der Waals surface area contributed by atoms with Gasteiger partial charge in [-0.2, -0.15) is 0 Å². The maximum atomic E-state index is 12.8. The van der Waals surface area contributed by atoms with E-state index < -0.39 is 5.97 Å². The Hall–Kier alpha value is -1.84. The molecule has 0 saturated carbocycles. The van der Waals surface area contributed by atoms with Gasteiger partial charge >= 0.3 is 5.97 Å². The first-order chi connectivity index (χ1) is 9.92. The van der Waals surface area contributed by atoms with Crippen molar-refractivity contribution < 1.29 is 14.7 Å². The summed E-state index contributed by atoms with van der Waals surface area (Å²) >= 11 is 0. The van der Waals surface area contributed by atoms with Gasteiger partial charge in [-0.1, -0.05) is 39.8 Å². The molecule has 116 valence electrons. The van der Waals surface area contributed by atoms with Gasteiger partial charge in [-0.05, 0) is 30.9 Å². The fourth-order valence-corrected chi connectivity index (χ4v) is 2.53. The van der Waals surface area contributed by atoms with Crippen molar-refractivity contribution in [3.63, 3.8) is 0 Å². The van der Waals surface area contributed by atoms with E-state index in [9.17, 15) is 14.7 Å². The van der Waals surface area contributed by atoms with E-state index in [1.165, 1.54) is 6.07 Å². The summed E-state index contributed by atoms with van der Waals surface area (Å²) in [6.07, 6.45) is 1.73. The third-order valence-corrected chi connectivity index (χ3v) is 3.59. The second-order valence-corrected chi connectivity index (χ2v) is 5.67.